The molecule has 8 nitrogen and oxygen atoms in total. The maximum Gasteiger partial charge on any atom is 0.231 e. The zero-order valence-electron chi connectivity index (χ0n) is 13.5. The van der Waals surface area contributed by atoms with Crippen molar-refractivity contribution >= 4 is 38.3 Å². The molecule has 2 aromatic heterocycles. The number of hydrogen-bond donors (Lipinski definition) is 3. The number of aromatic nitrogens is 4. The highest BCUT2D eigenvalue weighted by molar-refractivity contribution is 7.90. The van der Waals surface area contributed by atoms with Crippen LogP contribution in [0.5, 0.6) is 0 Å². The Balaban J connectivity index is 1.83. The smallest absolute Gasteiger partial charge is 0.231 e. The fourth-order valence-corrected chi connectivity index (χ4v) is 3.24. The van der Waals surface area contributed by atoms with Gasteiger partial charge in [0, 0.05) is 12.3 Å². The van der Waals surface area contributed by atoms with Crippen LogP contribution in [0.25, 0.3) is 11.0 Å². The fraction of sp³-hybridized carbons (Fsp3) is 0.267. The first-order valence-corrected chi connectivity index (χ1v) is 9.66. The molecule has 1 fully saturated rings. The highest BCUT2D eigenvalue weighted by Crippen LogP contribution is 2.32. The van der Waals surface area contributed by atoms with Gasteiger partial charge in [-0.25, -0.2) is 17.2 Å². The van der Waals surface area contributed by atoms with Crippen LogP contribution in [0, 0.1) is 11.6 Å². The van der Waals surface area contributed by atoms with Crippen molar-refractivity contribution in [3.8, 4) is 0 Å². The second kappa shape index (κ2) is 5.87. The van der Waals surface area contributed by atoms with E-state index in [1.54, 1.807) is 0 Å². The summed E-state index contributed by atoms with van der Waals surface area (Å²) in [7, 11) is -3.58. The molecule has 0 amide bonds. The highest BCUT2D eigenvalue weighted by Gasteiger charge is 2.27. The first-order chi connectivity index (χ1) is 12.3. The minimum atomic E-state index is -3.58. The molecular formula is C15H14F2N6O2S. The maximum atomic E-state index is 13.9. The van der Waals surface area contributed by atoms with E-state index in [9.17, 15) is 17.2 Å². The quantitative estimate of drug-likeness (QED) is 0.623. The first kappa shape index (κ1) is 16.6. The van der Waals surface area contributed by atoms with E-state index in [4.69, 9.17) is 0 Å². The van der Waals surface area contributed by atoms with E-state index in [1.807, 2.05) is 0 Å². The Morgan fingerprint density at radius 3 is 2.69 bits per heavy atom. The summed E-state index contributed by atoms with van der Waals surface area (Å²) in [6.45, 7) is 0. The van der Waals surface area contributed by atoms with Crippen LogP contribution in [0.2, 0.25) is 0 Å². The van der Waals surface area contributed by atoms with Gasteiger partial charge in [-0.1, -0.05) is 6.07 Å². The van der Waals surface area contributed by atoms with Crippen molar-refractivity contribution in [3.05, 3.63) is 29.8 Å². The molecule has 0 bridgehead atoms. The molecule has 3 N–H and O–H groups in total. The second-order valence-corrected chi connectivity index (χ2v) is 8.02. The Kier molecular flexibility index (Phi) is 3.75. The Morgan fingerprint density at radius 2 is 2.00 bits per heavy atom. The third-order valence-corrected chi connectivity index (χ3v) is 4.90. The molecule has 136 valence electrons. The van der Waals surface area contributed by atoms with Gasteiger partial charge in [-0.2, -0.15) is 15.1 Å². The second-order valence-electron chi connectivity index (χ2n) is 6.06. The molecule has 1 saturated carbocycles. The summed E-state index contributed by atoms with van der Waals surface area (Å²) in [4.78, 5) is 8.35. The van der Waals surface area contributed by atoms with Crippen LogP contribution in [0.3, 0.4) is 0 Å². The largest absolute Gasteiger partial charge is 0.367 e. The number of anilines is 3. The maximum absolute atomic E-state index is 13.9. The van der Waals surface area contributed by atoms with E-state index < -0.39 is 21.5 Å². The number of H-pyrrole nitrogens is 1. The number of aromatic amines is 1. The average Bonchev–Trinajstić information content (AvgIpc) is 3.26. The van der Waals surface area contributed by atoms with Crippen LogP contribution in [0.1, 0.15) is 12.8 Å². The van der Waals surface area contributed by atoms with Gasteiger partial charge in [-0.15, -0.1) is 0 Å². The van der Waals surface area contributed by atoms with Crippen LogP contribution in [-0.2, 0) is 9.84 Å². The number of sulfone groups is 1. The summed E-state index contributed by atoms with van der Waals surface area (Å²) in [6, 6.07) is 3.86. The highest BCUT2D eigenvalue weighted by atomic mass is 32.2. The molecule has 1 aliphatic rings. The number of benzene rings is 1. The van der Waals surface area contributed by atoms with E-state index >= 15 is 0 Å². The number of nitrogens with zero attached hydrogens (tertiary/aromatic N) is 3. The molecule has 3 aromatic rings. The number of nitrogens with one attached hydrogen (secondary N) is 3. The molecule has 0 spiro atoms. The molecule has 11 heteroatoms. The lowest BCUT2D eigenvalue weighted by atomic mass is 10.3. The predicted octanol–water partition coefficient (Wildman–Crippen LogP) is 2.35. The summed E-state index contributed by atoms with van der Waals surface area (Å²) >= 11 is 0. The van der Waals surface area contributed by atoms with Gasteiger partial charge in [0.1, 0.15) is 11.2 Å². The van der Waals surface area contributed by atoms with E-state index in [2.05, 4.69) is 30.8 Å². The average molecular weight is 380 g/mol. The molecule has 4 rings (SSSR count). The zero-order chi connectivity index (χ0) is 18.5. The molecular weight excluding hydrogens is 366 g/mol. The molecule has 26 heavy (non-hydrogen) atoms. The summed E-state index contributed by atoms with van der Waals surface area (Å²) < 4.78 is 51.2. The molecule has 1 aliphatic carbocycles. The van der Waals surface area contributed by atoms with E-state index in [0.717, 1.165) is 25.2 Å². The van der Waals surface area contributed by atoms with Crippen LogP contribution in [-0.4, -0.2) is 40.9 Å². The molecule has 0 unspecified atom stereocenters. The van der Waals surface area contributed by atoms with Crippen molar-refractivity contribution in [3.63, 3.8) is 0 Å². The van der Waals surface area contributed by atoms with Gasteiger partial charge in [0.2, 0.25) is 5.95 Å². The normalized spacial score (nSPS) is 14.6. The van der Waals surface area contributed by atoms with Crippen molar-refractivity contribution < 1.29 is 17.2 Å². The summed E-state index contributed by atoms with van der Waals surface area (Å²) in [6.07, 6.45) is 2.91. The Bertz CT molecular complexity index is 1110. The number of halogens is 2. The number of hydrogen-bond acceptors (Lipinski definition) is 7. The lowest BCUT2D eigenvalue weighted by Gasteiger charge is -2.10. The van der Waals surface area contributed by atoms with Crippen molar-refractivity contribution in [2.45, 2.75) is 23.9 Å². The number of rotatable bonds is 5. The molecule has 0 atom stereocenters. The Hall–Kier alpha value is -2.82. The summed E-state index contributed by atoms with van der Waals surface area (Å²) in [5.41, 5.74) is -0.0384. The van der Waals surface area contributed by atoms with Gasteiger partial charge in [0.05, 0.1) is 5.69 Å². The van der Waals surface area contributed by atoms with Gasteiger partial charge in [-0.3, -0.25) is 5.10 Å². The third-order valence-electron chi connectivity index (χ3n) is 3.87. The molecule has 0 radical (unpaired) electrons. The van der Waals surface area contributed by atoms with Crippen molar-refractivity contribution in [2.75, 3.05) is 16.9 Å². The fourth-order valence-electron chi connectivity index (χ4n) is 2.47. The van der Waals surface area contributed by atoms with Crippen LogP contribution < -0.4 is 10.6 Å². The molecule has 1 aromatic carbocycles. The topological polar surface area (TPSA) is 113 Å². The number of fused-ring (bicyclic) bond motifs is 1. The van der Waals surface area contributed by atoms with E-state index in [0.29, 0.717) is 0 Å². The van der Waals surface area contributed by atoms with Crippen molar-refractivity contribution in [1.29, 1.82) is 0 Å². The molecule has 0 aliphatic heterocycles. The van der Waals surface area contributed by atoms with Crippen molar-refractivity contribution in [2.24, 2.45) is 0 Å². The standard InChI is InChI=1S/C15H14F2N6O2S/c1-26(24,25)14-10-12(18-7-5-6-7)20-15(21-13(10)22-23-14)19-9-4-2-3-8(16)11(9)17/h2-4,7H,5-6H2,1H3,(H3,18,19,20,21,22,23). The van der Waals surface area contributed by atoms with Crippen LogP contribution >= 0.6 is 0 Å². The summed E-state index contributed by atoms with van der Waals surface area (Å²) in [5, 5.41) is 12.2. The molecule has 2 heterocycles. The zero-order valence-corrected chi connectivity index (χ0v) is 14.4. The van der Waals surface area contributed by atoms with E-state index in [1.165, 1.54) is 12.1 Å². The lowest BCUT2D eigenvalue weighted by Crippen LogP contribution is -2.09. The molecule has 0 saturated heterocycles. The third kappa shape index (κ3) is 3.05. The van der Waals surface area contributed by atoms with E-state index in [-0.39, 0.29) is 39.6 Å². The lowest BCUT2D eigenvalue weighted by molar-refractivity contribution is 0.511. The van der Waals surface area contributed by atoms with Crippen LogP contribution in [0.4, 0.5) is 26.2 Å². The Morgan fingerprint density at radius 1 is 1.23 bits per heavy atom. The summed E-state index contributed by atoms with van der Waals surface area (Å²) in [5.74, 6) is -1.83. The minimum Gasteiger partial charge on any atom is -0.367 e. The monoisotopic (exact) mass is 380 g/mol. The first-order valence-electron chi connectivity index (χ1n) is 7.76. The van der Waals surface area contributed by atoms with Gasteiger partial charge >= 0.3 is 0 Å². The minimum absolute atomic E-state index is 0.0308. The van der Waals surface area contributed by atoms with Crippen molar-refractivity contribution in [1.82, 2.24) is 20.2 Å². The Labute approximate surface area is 147 Å². The SMILES string of the molecule is CS(=O)(=O)c1[nH]nc2nc(Nc3cccc(F)c3F)nc(NC3CC3)c12. The van der Waals surface area contributed by atoms with Gasteiger partial charge in [-0.05, 0) is 25.0 Å². The van der Waals surface area contributed by atoms with Gasteiger partial charge in [0.15, 0.2) is 32.1 Å². The van der Waals surface area contributed by atoms with Gasteiger partial charge in [0.25, 0.3) is 0 Å². The predicted molar refractivity (Wildman–Crippen MR) is 91.1 cm³/mol. The van der Waals surface area contributed by atoms with Crippen LogP contribution in [0.15, 0.2) is 23.2 Å². The van der Waals surface area contributed by atoms with Gasteiger partial charge < -0.3 is 10.6 Å².